The predicted molar refractivity (Wildman–Crippen MR) is 72.5 cm³/mol. The van der Waals surface area contributed by atoms with Crippen LogP contribution in [0.1, 0.15) is 6.42 Å². The standard InChI is InChI=1S/C12H12ClFN2O2S/c13-8-5-7(1-2-9(8)14)16-11(17)6-10(12(16)18)19-4-3-15/h1-2,5,10H,3-4,6,15H2/p+1/t10-/m1/s1. The molecule has 0 saturated carbocycles. The Morgan fingerprint density at radius 1 is 1.47 bits per heavy atom. The summed E-state index contributed by atoms with van der Waals surface area (Å²) in [5.74, 6) is -0.408. The van der Waals surface area contributed by atoms with E-state index in [2.05, 4.69) is 5.73 Å². The third-order valence-electron chi connectivity index (χ3n) is 2.73. The summed E-state index contributed by atoms with van der Waals surface area (Å²) in [6.07, 6.45) is 0.165. The molecule has 0 aromatic heterocycles. The van der Waals surface area contributed by atoms with E-state index in [4.69, 9.17) is 11.6 Å². The lowest BCUT2D eigenvalue weighted by atomic mass is 10.3. The zero-order valence-corrected chi connectivity index (χ0v) is 11.6. The topological polar surface area (TPSA) is 65.0 Å². The van der Waals surface area contributed by atoms with E-state index in [0.717, 1.165) is 16.7 Å². The Labute approximate surface area is 119 Å². The van der Waals surface area contributed by atoms with Gasteiger partial charge in [-0.15, -0.1) is 11.8 Å². The Morgan fingerprint density at radius 3 is 2.84 bits per heavy atom. The molecular weight excluding hydrogens is 291 g/mol. The van der Waals surface area contributed by atoms with Crippen molar-refractivity contribution in [2.75, 3.05) is 17.2 Å². The van der Waals surface area contributed by atoms with Crippen molar-refractivity contribution < 1.29 is 19.7 Å². The van der Waals surface area contributed by atoms with Gasteiger partial charge in [0.2, 0.25) is 11.8 Å². The van der Waals surface area contributed by atoms with Crippen LogP contribution in [0.5, 0.6) is 0 Å². The molecule has 1 saturated heterocycles. The fraction of sp³-hybridized carbons (Fsp3) is 0.333. The van der Waals surface area contributed by atoms with Crippen molar-refractivity contribution in [3.8, 4) is 0 Å². The molecule has 1 aromatic rings. The highest BCUT2D eigenvalue weighted by Crippen LogP contribution is 2.31. The van der Waals surface area contributed by atoms with E-state index >= 15 is 0 Å². The van der Waals surface area contributed by atoms with Gasteiger partial charge in [0, 0.05) is 12.2 Å². The largest absolute Gasteiger partial charge is 0.357 e. The summed E-state index contributed by atoms with van der Waals surface area (Å²) in [6.45, 7) is 0.699. The summed E-state index contributed by atoms with van der Waals surface area (Å²) in [6, 6.07) is 3.82. The van der Waals surface area contributed by atoms with E-state index in [0.29, 0.717) is 12.2 Å². The van der Waals surface area contributed by atoms with E-state index < -0.39 is 5.82 Å². The van der Waals surface area contributed by atoms with Crippen LogP contribution in [0, 0.1) is 5.82 Å². The lowest BCUT2D eigenvalue weighted by molar-refractivity contribution is -0.360. The number of rotatable bonds is 4. The van der Waals surface area contributed by atoms with Gasteiger partial charge in [-0.25, -0.2) is 9.29 Å². The number of amides is 2. The summed E-state index contributed by atoms with van der Waals surface area (Å²) in [5, 5.41) is -0.481. The molecule has 1 heterocycles. The van der Waals surface area contributed by atoms with Crippen molar-refractivity contribution in [2.45, 2.75) is 11.7 Å². The summed E-state index contributed by atoms with van der Waals surface area (Å²) >= 11 is 7.09. The maximum atomic E-state index is 13.1. The number of benzene rings is 1. The number of anilines is 1. The van der Waals surface area contributed by atoms with Gasteiger partial charge in [0.05, 0.1) is 22.5 Å². The van der Waals surface area contributed by atoms with Gasteiger partial charge >= 0.3 is 0 Å². The Balaban J connectivity index is 2.22. The molecule has 7 heteroatoms. The first kappa shape index (κ1) is 14.3. The second-order valence-electron chi connectivity index (χ2n) is 4.08. The predicted octanol–water partition coefficient (Wildman–Crippen LogP) is 1.09. The highest BCUT2D eigenvalue weighted by Gasteiger charge is 2.39. The van der Waals surface area contributed by atoms with E-state index in [1.165, 1.54) is 23.9 Å². The van der Waals surface area contributed by atoms with E-state index in [1.807, 2.05) is 0 Å². The summed E-state index contributed by atoms with van der Waals surface area (Å²) in [7, 11) is 0. The van der Waals surface area contributed by atoms with Crippen molar-refractivity contribution >= 4 is 40.9 Å². The SMILES string of the molecule is [NH3+]CCS[C@@H]1CC(=O)N(c2ccc(F)c(Cl)c2)C1=O. The van der Waals surface area contributed by atoms with Crippen molar-refractivity contribution in [3.05, 3.63) is 29.0 Å². The second kappa shape index (κ2) is 5.90. The Bertz CT molecular complexity index is 526. The van der Waals surface area contributed by atoms with Crippen LogP contribution >= 0.6 is 23.4 Å². The van der Waals surface area contributed by atoms with Gasteiger partial charge in [0.25, 0.3) is 0 Å². The van der Waals surface area contributed by atoms with Crippen LogP contribution in [0.25, 0.3) is 0 Å². The van der Waals surface area contributed by atoms with Gasteiger partial charge in [-0.1, -0.05) is 11.6 Å². The fourth-order valence-electron chi connectivity index (χ4n) is 1.86. The minimum absolute atomic E-state index is 0.105. The highest BCUT2D eigenvalue weighted by atomic mass is 35.5. The Kier molecular flexibility index (Phi) is 4.44. The zero-order chi connectivity index (χ0) is 14.0. The monoisotopic (exact) mass is 303 g/mol. The van der Waals surface area contributed by atoms with Crippen LogP contribution in [0.3, 0.4) is 0 Å². The molecule has 2 amide bonds. The Morgan fingerprint density at radius 2 is 2.21 bits per heavy atom. The summed E-state index contributed by atoms with van der Waals surface area (Å²) < 4.78 is 13.1. The lowest BCUT2D eigenvalue weighted by Crippen LogP contribution is -2.51. The van der Waals surface area contributed by atoms with Crippen LogP contribution in [-0.4, -0.2) is 29.4 Å². The van der Waals surface area contributed by atoms with Gasteiger partial charge in [-0.2, -0.15) is 0 Å². The Hall–Kier alpha value is -1.11. The quantitative estimate of drug-likeness (QED) is 0.847. The molecule has 0 radical (unpaired) electrons. The molecule has 1 aliphatic rings. The first-order valence-corrected chi connectivity index (χ1v) is 7.20. The number of imide groups is 1. The molecule has 102 valence electrons. The molecule has 0 bridgehead atoms. The maximum Gasteiger partial charge on any atom is 0.247 e. The minimum atomic E-state index is -0.576. The number of halogens is 2. The number of carbonyl (C=O) groups is 2. The molecule has 4 nitrogen and oxygen atoms in total. The number of hydrogen-bond donors (Lipinski definition) is 1. The van der Waals surface area contributed by atoms with Gasteiger partial charge in [0.15, 0.2) is 0 Å². The molecule has 1 aliphatic heterocycles. The van der Waals surface area contributed by atoms with Crippen molar-refractivity contribution in [3.63, 3.8) is 0 Å². The van der Waals surface area contributed by atoms with Crippen molar-refractivity contribution in [1.29, 1.82) is 0 Å². The van der Waals surface area contributed by atoms with E-state index in [1.54, 1.807) is 0 Å². The van der Waals surface area contributed by atoms with E-state index in [9.17, 15) is 14.0 Å². The molecule has 1 atom stereocenters. The fourth-order valence-corrected chi connectivity index (χ4v) is 2.99. The van der Waals surface area contributed by atoms with Crippen LogP contribution < -0.4 is 10.6 Å². The molecule has 1 fully saturated rings. The molecule has 19 heavy (non-hydrogen) atoms. The summed E-state index contributed by atoms with van der Waals surface area (Å²) in [4.78, 5) is 25.1. The molecular formula is C12H13ClFN2O2S+. The third kappa shape index (κ3) is 2.91. The third-order valence-corrected chi connectivity index (χ3v) is 4.31. The van der Waals surface area contributed by atoms with Crippen LogP contribution in [-0.2, 0) is 9.59 Å². The van der Waals surface area contributed by atoms with Crippen molar-refractivity contribution in [1.82, 2.24) is 0 Å². The van der Waals surface area contributed by atoms with Crippen LogP contribution in [0.4, 0.5) is 10.1 Å². The number of thioether (sulfide) groups is 1. The van der Waals surface area contributed by atoms with Gasteiger partial charge in [-0.05, 0) is 18.2 Å². The van der Waals surface area contributed by atoms with Gasteiger partial charge in [0.1, 0.15) is 5.82 Å². The summed E-state index contributed by atoms with van der Waals surface area (Å²) in [5.41, 5.74) is 4.02. The number of nitrogens with zero attached hydrogens (tertiary/aromatic N) is 1. The molecule has 3 N–H and O–H groups in total. The van der Waals surface area contributed by atoms with Gasteiger partial charge in [-0.3, -0.25) is 9.59 Å². The average Bonchev–Trinajstić information content (AvgIpc) is 2.65. The lowest BCUT2D eigenvalue weighted by Gasteiger charge is -2.15. The first-order chi connectivity index (χ1) is 9.04. The molecule has 0 spiro atoms. The number of hydrogen-bond acceptors (Lipinski definition) is 3. The van der Waals surface area contributed by atoms with Crippen LogP contribution in [0.2, 0.25) is 5.02 Å². The van der Waals surface area contributed by atoms with Crippen LogP contribution in [0.15, 0.2) is 18.2 Å². The normalized spacial score (nSPS) is 19.3. The zero-order valence-electron chi connectivity index (χ0n) is 10.1. The van der Waals surface area contributed by atoms with Gasteiger partial charge < -0.3 is 5.73 Å². The minimum Gasteiger partial charge on any atom is -0.357 e. The maximum absolute atomic E-state index is 13.1. The number of quaternary nitrogens is 1. The molecule has 0 unspecified atom stereocenters. The second-order valence-corrected chi connectivity index (χ2v) is 5.80. The molecule has 2 rings (SSSR count). The molecule has 0 aliphatic carbocycles. The molecule has 1 aromatic carbocycles. The highest BCUT2D eigenvalue weighted by molar-refractivity contribution is 8.00. The smallest absolute Gasteiger partial charge is 0.247 e. The average molecular weight is 304 g/mol. The first-order valence-electron chi connectivity index (χ1n) is 5.77. The number of carbonyl (C=O) groups excluding carboxylic acids is 2. The van der Waals surface area contributed by atoms with E-state index in [-0.39, 0.29) is 28.5 Å². The van der Waals surface area contributed by atoms with Crippen molar-refractivity contribution in [2.24, 2.45) is 0 Å².